The van der Waals surface area contributed by atoms with Gasteiger partial charge in [-0.15, -0.1) is 0 Å². The molecule has 0 bridgehead atoms. The summed E-state index contributed by atoms with van der Waals surface area (Å²) in [4.78, 5) is 28.4. The van der Waals surface area contributed by atoms with E-state index in [0.717, 1.165) is 17.4 Å². The van der Waals surface area contributed by atoms with Crippen molar-refractivity contribution >= 4 is 34.3 Å². The maximum atomic E-state index is 12.2. The highest BCUT2D eigenvalue weighted by atomic mass is 16.6. The van der Waals surface area contributed by atoms with E-state index in [9.17, 15) is 19.8 Å². The maximum Gasteiger partial charge on any atom is 0.413 e. The number of anilines is 2. The number of aromatic nitrogens is 1. The summed E-state index contributed by atoms with van der Waals surface area (Å²) in [5.41, 5.74) is 1.55. The molecule has 0 saturated carbocycles. The first-order valence-corrected chi connectivity index (χ1v) is 11.2. The maximum absolute atomic E-state index is 12.2. The van der Waals surface area contributed by atoms with Gasteiger partial charge in [-0.25, -0.2) is 14.6 Å². The third-order valence-electron chi connectivity index (χ3n) is 5.40. The molecule has 0 spiro atoms. The van der Waals surface area contributed by atoms with E-state index in [1.807, 2.05) is 19.1 Å². The number of amides is 1. The van der Waals surface area contributed by atoms with Gasteiger partial charge in [0.2, 0.25) is 0 Å². The Labute approximate surface area is 199 Å². The molecule has 180 valence electrons. The van der Waals surface area contributed by atoms with Crippen LogP contribution in [0.5, 0.6) is 0 Å². The summed E-state index contributed by atoms with van der Waals surface area (Å²) in [5.74, 6) is -0.620. The average Bonchev–Trinajstić information content (AvgIpc) is 2.77. The molecule has 0 radical (unpaired) electrons. The molecule has 0 saturated heterocycles. The molecule has 4 N–H and O–H groups in total. The van der Waals surface area contributed by atoms with Gasteiger partial charge in [-0.1, -0.05) is 31.2 Å². The van der Waals surface area contributed by atoms with Crippen LogP contribution in [0.3, 0.4) is 0 Å². The molecule has 8 heteroatoms. The number of fused-ring (bicyclic) bond motifs is 1. The predicted molar refractivity (Wildman–Crippen MR) is 132 cm³/mol. The molecule has 0 aliphatic rings. The normalized spacial score (nSPS) is 13.2. The zero-order valence-corrected chi connectivity index (χ0v) is 19.8. The Morgan fingerprint density at radius 1 is 1.06 bits per heavy atom. The fourth-order valence-electron chi connectivity index (χ4n) is 3.65. The number of aliphatic hydroxyl groups excluding tert-OH is 1. The van der Waals surface area contributed by atoms with Gasteiger partial charge in [0.05, 0.1) is 0 Å². The summed E-state index contributed by atoms with van der Waals surface area (Å²) in [6.07, 6.45) is 1.76. The van der Waals surface area contributed by atoms with E-state index >= 15 is 0 Å². The van der Waals surface area contributed by atoms with Crippen molar-refractivity contribution in [2.24, 2.45) is 0 Å². The lowest BCUT2D eigenvalue weighted by atomic mass is 9.95. The number of carboxylic acids is 1. The third-order valence-corrected chi connectivity index (χ3v) is 5.40. The fourth-order valence-corrected chi connectivity index (χ4v) is 3.65. The van der Waals surface area contributed by atoms with Crippen LogP contribution in [0.25, 0.3) is 10.8 Å². The van der Waals surface area contributed by atoms with Crippen molar-refractivity contribution in [2.75, 3.05) is 17.2 Å². The van der Waals surface area contributed by atoms with Gasteiger partial charge in [-0.05, 0) is 68.0 Å². The second-order valence-electron chi connectivity index (χ2n) is 9.09. The molecule has 0 aliphatic heterocycles. The quantitative estimate of drug-likeness (QED) is 0.356. The number of nitrogens with one attached hydrogen (secondary N) is 2. The van der Waals surface area contributed by atoms with Gasteiger partial charge in [0.15, 0.2) is 6.04 Å². The lowest BCUT2D eigenvalue weighted by Crippen LogP contribution is -2.27. The lowest BCUT2D eigenvalue weighted by molar-refractivity contribution is -0.138. The Balaban J connectivity index is 1.82. The fraction of sp³-hybridized carbons (Fsp3) is 0.346. The van der Waals surface area contributed by atoms with Crippen molar-refractivity contribution in [2.45, 2.75) is 51.7 Å². The molecule has 3 rings (SSSR count). The van der Waals surface area contributed by atoms with Crippen LogP contribution in [0.15, 0.2) is 54.7 Å². The van der Waals surface area contributed by atoms with Gasteiger partial charge in [0.25, 0.3) is 0 Å². The molecule has 2 aromatic carbocycles. The zero-order valence-electron chi connectivity index (χ0n) is 19.8. The minimum Gasteiger partial charge on any atom is -0.479 e. The van der Waals surface area contributed by atoms with Crippen molar-refractivity contribution in [3.8, 4) is 0 Å². The van der Waals surface area contributed by atoms with Crippen LogP contribution in [0.4, 0.5) is 16.3 Å². The van der Waals surface area contributed by atoms with E-state index in [0.29, 0.717) is 22.5 Å². The first kappa shape index (κ1) is 25.0. The number of rotatable bonds is 8. The van der Waals surface area contributed by atoms with Crippen LogP contribution in [-0.2, 0) is 9.53 Å². The number of carboxylic acid groups (broad SMARTS) is 1. The van der Waals surface area contributed by atoms with E-state index in [1.54, 1.807) is 63.4 Å². The summed E-state index contributed by atoms with van der Waals surface area (Å²) >= 11 is 0. The van der Waals surface area contributed by atoms with Crippen LogP contribution < -0.4 is 10.6 Å². The Morgan fingerprint density at radius 3 is 2.32 bits per heavy atom. The number of nitrogens with zero attached hydrogens (tertiary/aromatic N) is 1. The predicted octanol–water partition coefficient (Wildman–Crippen LogP) is 5.31. The summed E-state index contributed by atoms with van der Waals surface area (Å²) in [6.45, 7) is 7.39. The number of carbonyl (C=O) groups is 2. The van der Waals surface area contributed by atoms with Crippen LogP contribution in [-0.4, -0.2) is 39.5 Å². The van der Waals surface area contributed by atoms with Crippen LogP contribution in [0.2, 0.25) is 0 Å². The van der Waals surface area contributed by atoms with E-state index in [-0.39, 0.29) is 12.5 Å². The second kappa shape index (κ2) is 10.5. The van der Waals surface area contributed by atoms with Crippen molar-refractivity contribution in [3.63, 3.8) is 0 Å². The summed E-state index contributed by atoms with van der Waals surface area (Å²) in [7, 11) is 0. The van der Waals surface area contributed by atoms with Crippen LogP contribution in [0, 0.1) is 0 Å². The van der Waals surface area contributed by atoms with E-state index in [4.69, 9.17) is 4.74 Å². The van der Waals surface area contributed by atoms with Crippen LogP contribution in [0.1, 0.15) is 57.2 Å². The van der Waals surface area contributed by atoms with Gasteiger partial charge in [0.1, 0.15) is 11.4 Å². The van der Waals surface area contributed by atoms with Crippen molar-refractivity contribution < 1.29 is 24.5 Å². The number of aliphatic hydroxyl groups is 1. The molecule has 3 aromatic rings. The van der Waals surface area contributed by atoms with Crippen molar-refractivity contribution in [3.05, 3.63) is 65.9 Å². The first-order valence-electron chi connectivity index (χ1n) is 11.2. The molecule has 2 unspecified atom stereocenters. The van der Waals surface area contributed by atoms with E-state index in [2.05, 4.69) is 15.6 Å². The lowest BCUT2D eigenvalue weighted by Gasteiger charge is -2.20. The van der Waals surface area contributed by atoms with E-state index < -0.39 is 23.7 Å². The molecule has 0 fully saturated rings. The molecule has 34 heavy (non-hydrogen) atoms. The summed E-state index contributed by atoms with van der Waals surface area (Å²) in [5, 5.41) is 26.6. The number of ether oxygens (including phenoxy) is 1. The molecular weight excluding hydrogens is 434 g/mol. The Morgan fingerprint density at radius 2 is 1.74 bits per heavy atom. The highest BCUT2D eigenvalue weighted by Gasteiger charge is 2.21. The molecule has 0 aliphatic carbocycles. The number of aliphatic carboxylic acids is 1. The van der Waals surface area contributed by atoms with Crippen molar-refractivity contribution in [1.82, 2.24) is 4.98 Å². The van der Waals surface area contributed by atoms with E-state index in [1.165, 1.54) is 0 Å². The summed E-state index contributed by atoms with van der Waals surface area (Å²) in [6, 6.07) is 13.4. The monoisotopic (exact) mass is 465 g/mol. The third kappa shape index (κ3) is 6.23. The van der Waals surface area contributed by atoms with Crippen LogP contribution >= 0.6 is 0 Å². The standard InChI is InChI=1S/C26H31N3O5/c1-5-16(15-30)17-6-8-18(9-7-17)22(24(31)32)28-20-10-11-21-19(14-20)12-13-27-23(21)29-25(33)34-26(2,3)4/h6-14,16,22,28,30H,5,15H2,1-4H3,(H,31,32)(H,27,29,33). The molecule has 8 nitrogen and oxygen atoms in total. The average molecular weight is 466 g/mol. The molecule has 1 aromatic heterocycles. The highest BCUT2D eigenvalue weighted by molar-refractivity contribution is 5.99. The molecule has 1 heterocycles. The number of hydrogen-bond acceptors (Lipinski definition) is 6. The minimum absolute atomic E-state index is 0.0304. The second-order valence-corrected chi connectivity index (χ2v) is 9.09. The number of hydrogen-bond donors (Lipinski definition) is 4. The van der Waals surface area contributed by atoms with Gasteiger partial charge in [0, 0.05) is 29.8 Å². The highest BCUT2D eigenvalue weighted by Crippen LogP contribution is 2.28. The Hall–Kier alpha value is -3.65. The topological polar surface area (TPSA) is 121 Å². The SMILES string of the molecule is CCC(CO)c1ccc(C(Nc2ccc3c(NC(=O)OC(C)(C)C)nccc3c2)C(=O)O)cc1. The molecular formula is C26H31N3O5. The minimum atomic E-state index is -1.01. The Kier molecular flexibility index (Phi) is 7.73. The van der Waals surface area contributed by atoms with Gasteiger partial charge < -0.3 is 20.3 Å². The summed E-state index contributed by atoms with van der Waals surface area (Å²) < 4.78 is 5.30. The number of pyridine rings is 1. The first-order chi connectivity index (χ1) is 16.1. The molecule has 2 atom stereocenters. The van der Waals surface area contributed by atoms with Gasteiger partial charge in [-0.2, -0.15) is 0 Å². The Bertz CT molecular complexity index is 1150. The number of benzene rings is 2. The van der Waals surface area contributed by atoms with Gasteiger partial charge in [-0.3, -0.25) is 5.32 Å². The van der Waals surface area contributed by atoms with Gasteiger partial charge >= 0.3 is 12.1 Å². The van der Waals surface area contributed by atoms with Crippen molar-refractivity contribution in [1.29, 1.82) is 0 Å². The number of carbonyl (C=O) groups excluding carboxylic acids is 1. The largest absolute Gasteiger partial charge is 0.479 e. The zero-order chi connectivity index (χ0) is 24.9. The smallest absolute Gasteiger partial charge is 0.413 e. The molecule has 1 amide bonds.